The minimum Gasteiger partial charge on any atom is -0.299 e. The Morgan fingerprint density at radius 1 is 0.857 bits per heavy atom. The standard InChI is InChI=1S/C18H20N2O/c21-18(20-19-8-4-2-1-3-5-8)17-15-11-6-9-10-7-12(13(9)15)16(17)14(10)11/h1-5,9-17,19H,6-7H2,(H,20,21). The summed E-state index contributed by atoms with van der Waals surface area (Å²) in [6.07, 6.45) is 2.90. The Morgan fingerprint density at radius 3 is 2.10 bits per heavy atom. The number of carbonyl (C=O) groups excluding carboxylic acids is 1. The first-order valence-corrected chi connectivity index (χ1v) is 8.45. The molecule has 1 aromatic rings. The average molecular weight is 280 g/mol. The van der Waals surface area contributed by atoms with E-state index in [2.05, 4.69) is 10.9 Å². The van der Waals surface area contributed by atoms with Gasteiger partial charge in [0.05, 0.1) is 5.69 Å². The second-order valence-corrected chi connectivity index (χ2v) is 7.94. The normalized spacial score (nSPS) is 53.0. The molecule has 6 aliphatic rings. The zero-order chi connectivity index (χ0) is 13.7. The van der Waals surface area contributed by atoms with Gasteiger partial charge in [0.2, 0.25) is 5.91 Å². The van der Waals surface area contributed by atoms with E-state index in [1.165, 1.54) is 12.8 Å². The van der Waals surface area contributed by atoms with Crippen molar-refractivity contribution in [3.8, 4) is 0 Å². The van der Waals surface area contributed by atoms with Crippen LogP contribution in [0.5, 0.6) is 0 Å². The molecule has 6 bridgehead atoms. The lowest BCUT2D eigenvalue weighted by atomic mass is 9.71. The molecule has 0 aromatic heterocycles. The van der Waals surface area contributed by atoms with Gasteiger partial charge < -0.3 is 0 Å². The predicted molar refractivity (Wildman–Crippen MR) is 78.9 cm³/mol. The number of hydrogen-bond acceptors (Lipinski definition) is 2. The molecule has 108 valence electrons. The molecule has 3 heteroatoms. The van der Waals surface area contributed by atoms with Gasteiger partial charge in [0.1, 0.15) is 0 Å². The lowest BCUT2D eigenvalue weighted by Crippen LogP contribution is -2.37. The molecular formula is C18H20N2O. The molecule has 3 nitrogen and oxygen atoms in total. The maximum atomic E-state index is 12.8. The van der Waals surface area contributed by atoms with Crippen molar-refractivity contribution in [3.63, 3.8) is 0 Å². The summed E-state index contributed by atoms with van der Waals surface area (Å²) in [4.78, 5) is 12.8. The number of hydrogen-bond donors (Lipinski definition) is 2. The van der Waals surface area contributed by atoms with E-state index in [-0.39, 0.29) is 5.91 Å². The summed E-state index contributed by atoms with van der Waals surface area (Å²) in [5, 5.41) is 0. The number of para-hydroxylation sites is 1. The minimum absolute atomic E-state index is 0.261. The van der Waals surface area contributed by atoms with Crippen LogP contribution in [0.2, 0.25) is 0 Å². The third-order valence-electron chi connectivity index (χ3n) is 7.73. The third kappa shape index (κ3) is 1.10. The molecule has 0 radical (unpaired) electrons. The van der Waals surface area contributed by atoms with Crippen LogP contribution in [0.1, 0.15) is 12.8 Å². The van der Waals surface area contributed by atoms with E-state index in [4.69, 9.17) is 0 Å². The van der Waals surface area contributed by atoms with Crippen molar-refractivity contribution in [3.05, 3.63) is 30.3 Å². The number of amides is 1. The second kappa shape index (κ2) is 3.45. The molecule has 0 aliphatic heterocycles. The first kappa shape index (κ1) is 11.1. The molecule has 1 amide bonds. The van der Waals surface area contributed by atoms with Crippen molar-refractivity contribution in [1.29, 1.82) is 0 Å². The monoisotopic (exact) mass is 280 g/mol. The number of rotatable bonds is 3. The average Bonchev–Trinajstić information content (AvgIpc) is 3.22. The first-order chi connectivity index (χ1) is 10.3. The molecule has 0 spiro atoms. The van der Waals surface area contributed by atoms with Gasteiger partial charge in [-0.2, -0.15) is 0 Å². The molecule has 0 saturated heterocycles. The number of benzene rings is 1. The molecule has 6 saturated carbocycles. The van der Waals surface area contributed by atoms with Crippen LogP contribution < -0.4 is 10.9 Å². The van der Waals surface area contributed by atoms with Crippen LogP contribution in [-0.4, -0.2) is 5.91 Å². The highest BCUT2D eigenvalue weighted by atomic mass is 16.2. The summed E-state index contributed by atoms with van der Waals surface area (Å²) >= 11 is 0. The molecule has 0 heterocycles. The smallest absolute Gasteiger partial charge is 0.242 e. The van der Waals surface area contributed by atoms with Crippen LogP contribution in [0.15, 0.2) is 30.3 Å². The van der Waals surface area contributed by atoms with Gasteiger partial charge >= 0.3 is 0 Å². The van der Waals surface area contributed by atoms with Gasteiger partial charge in [-0.05, 0) is 72.3 Å². The fourth-order valence-electron chi connectivity index (χ4n) is 7.71. The van der Waals surface area contributed by atoms with Crippen molar-refractivity contribution in [1.82, 2.24) is 5.43 Å². The maximum Gasteiger partial charge on any atom is 0.242 e. The van der Waals surface area contributed by atoms with Gasteiger partial charge in [0, 0.05) is 5.92 Å². The van der Waals surface area contributed by atoms with Crippen molar-refractivity contribution < 1.29 is 4.79 Å². The van der Waals surface area contributed by atoms with E-state index < -0.39 is 0 Å². The van der Waals surface area contributed by atoms with E-state index in [0.29, 0.717) is 5.92 Å². The Balaban J connectivity index is 1.25. The Bertz CT molecular complexity index is 601. The van der Waals surface area contributed by atoms with Gasteiger partial charge in [0.15, 0.2) is 0 Å². The molecule has 7 rings (SSSR count). The molecule has 8 unspecified atom stereocenters. The van der Waals surface area contributed by atoms with Crippen LogP contribution in [0.3, 0.4) is 0 Å². The van der Waals surface area contributed by atoms with Crippen molar-refractivity contribution in [2.75, 3.05) is 5.43 Å². The van der Waals surface area contributed by atoms with Gasteiger partial charge in [-0.3, -0.25) is 15.6 Å². The zero-order valence-corrected chi connectivity index (χ0v) is 11.9. The van der Waals surface area contributed by atoms with E-state index in [1.54, 1.807) is 0 Å². The van der Waals surface area contributed by atoms with Gasteiger partial charge in [-0.15, -0.1) is 0 Å². The summed E-state index contributed by atoms with van der Waals surface area (Å²) in [6.45, 7) is 0. The highest BCUT2D eigenvalue weighted by Gasteiger charge is 2.81. The van der Waals surface area contributed by atoms with Crippen LogP contribution >= 0.6 is 0 Å². The van der Waals surface area contributed by atoms with E-state index in [1.807, 2.05) is 30.3 Å². The molecule has 21 heavy (non-hydrogen) atoms. The summed E-state index contributed by atoms with van der Waals surface area (Å²) in [5.74, 6) is 7.68. The number of hydrazine groups is 1. The lowest BCUT2D eigenvalue weighted by Gasteiger charge is -2.33. The Hall–Kier alpha value is -1.51. The van der Waals surface area contributed by atoms with Crippen molar-refractivity contribution in [2.24, 2.45) is 53.3 Å². The quantitative estimate of drug-likeness (QED) is 0.835. The van der Waals surface area contributed by atoms with Crippen molar-refractivity contribution >= 4 is 11.6 Å². The van der Waals surface area contributed by atoms with E-state index in [9.17, 15) is 4.79 Å². The maximum absolute atomic E-state index is 12.8. The molecule has 1 aromatic carbocycles. The van der Waals surface area contributed by atoms with E-state index >= 15 is 0 Å². The topological polar surface area (TPSA) is 41.1 Å². The fraction of sp³-hybridized carbons (Fsp3) is 0.611. The molecular weight excluding hydrogens is 260 g/mol. The van der Waals surface area contributed by atoms with Crippen LogP contribution in [0, 0.1) is 53.3 Å². The number of anilines is 1. The summed E-state index contributed by atoms with van der Waals surface area (Å²) in [6, 6.07) is 9.93. The Labute approximate surface area is 124 Å². The highest BCUT2D eigenvalue weighted by molar-refractivity contribution is 5.82. The van der Waals surface area contributed by atoms with Crippen LogP contribution in [-0.2, 0) is 4.79 Å². The summed E-state index contributed by atoms with van der Waals surface area (Å²) < 4.78 is 0. The van der Waals surface area contributed by atoms with Crippen LogP contribution in [0.4, 0.5) is 5.69 Å². The largest absolute Gasteiger partial charge is 0.299 e. The zero-order valence-electron chi connectivity index (χ0n) is 11.9. The lowest BCUT2D eigenvalue weighted by molar-refractivity contribution is -0.126. The summed E-state index contributed by atoms with van der Waals surface area (Å²) in [5.41, 5.74) is 7.06. The minimum atomic E-state index is 0.261. The van der Waals surface area contributed by atoms with Crippen LogP contribution in [0.25, 0.3) is 0 Å². The molecule has 6 aliphatic carbocycles. The van der Waals surface area contributed by atoms with Gasteiger partial charge in [-0.25, -0.2) is 0 Å². The Kier molecular flexibility index (Phi) is 1.83. The molecule has 2 N–H and O–H groups in total. The SMILES string of the molecule is O=C(NNc1ccccc1)C1C2C3CC4C5CC(C42)C1C53. The predicted octanol–water partition coefficient (Wildman–Crippen LogP) is 2.52. The number of nitrogens with one attached hydrogen (secondary N) is 2. The molecule has 6 fully saturated rings. The third-order valence-corrected chi connectivity index (χ3v) is 7.73. The number of carbonyl (C=O) groups is 1. The van der Waals surface area contributed by atoms with Crippen molar-refractivity contribution in [2.45, 2.75) is 12.8 Å². The van der Waals surface area contributed by atoms with E-state index in [0.717, 1.165) is 53.0 Å². The molecule has 8 atom stereocenters. The van der Waals surface area contributed by atoms with Gasteiger partial charge in [-0.1, -0.05) is 18.2 Å². The second-order valence-electron chi connectivity index (χ2n) is 7.94. The fourth-order valence-corrected chi connectivity index (χ4v) is 7.71. The highest BCUT2D eigenvalue weighted by Crippen LogP contribution is 2.84. The Morgan fingerprint density at radius 2 is 1.48 bits per heavy atom. The summed E-state index contributed by atoms with van der Waals surface area (Å²) in [7, 11) is 0. The first-order valence-electron chi connectivity index (χ1n) is 8.45. The van der Waals surface area contributed by atoms with Gasteiger partial charge in [0.25, 0.3) is 0 Å².